The lowest BCUT2D eigenvalue weighted by atomic mass is 10.1. The van der Waals surface area contributed by atoms with Crippen LogP contribution in [0.5, 0.6) is 0 Å². The number of likely N-dealkylation sites (N-methyl/N-ethyl adjacent to an activating group) is 1. The van der Waals surface area contributed by atoms with E-state index in [9.17, 15) is 14.7 Å². The van der Waals surface area contributed by atoms with Gasteiger partial charge in [-0.15, -0.1) is 0 Å². The van der Waals surface area contributed by atoms with Gasteiger partial charge in [0.2, 0.25) is 0 Å². The second-order valence-corrected chi connectivity index (χ2v) is 4.85. The standard InChI is InChI=1S/C11H18N4O4/c1-11(19,5-15(2)3)4-12-9(16)7-8(10(17)18)14-6-13-7/h6,19H,4-5H2,1-3H3,(H,12,16)(H,13,14)(H,17,18). The largest absolute Gasteiger partial charge is 0.477 e. The van der Waals surface area contributed by atoms with E-state index in [1.807, 2.05) is 0 Å². The molecule has 0 aliphatic heterocycles. The number of aromatic carboxylic acids is 1. The van der Waals surface area contributed by atoms with E-state index in [-0.39, 0.29) is 17.9 Å². The van der Waals surface area contributed by atoms with Crippen LogP contribution in [0.25, 0.3) is 0 Å². The van der Waals surface area contributed by atoms with Crippen LogP contribution >= 0.6 is 0 Å². The van der Waals surface area contributed by atoms with Crippen LogP contribution in [0.4, 0.5) is 0 Å². The summed E-state index contributed by atoms with van der Waals surface area (Å²) in [6.45, 7) is 1.94. The van der Waals surface area contributed by atoms with Gasteiger partial charge in [0.15, 0.2) is 11.4 Å². The van der Waals surface area contributed by atoms with Gasteiger partial charge < -0.3 is 25.4 Å². The van der Waals surface area contributed by atoms with Crippen LogP contribution in [-0.4, -0.2) is 69.7 Å². The van der Waals surface area contributed by atoms with Gasteiger partial charge in [-0.2, -0.15) is 0 Å². The van der Waals surface area contributed by atoms with Gasteiger partial charge in [-0.1, -0.05) is 0 Å². The Morgan fingerprint density at radius 3 is 2.68 bits per heavy atom. The maximum absolute atomic E-state index is 11.8. The zero-order valence-electron chi connectivity index (χ0n) is 11.1. The third kappa shape index (κ3) is 4.34. The Kier molecular flexibility index (Phi) is 4.62. The lowest BCUT2D eigenvalue weighted by Crippen LogP contribution is -2.47. The Morgan fingerprint density at radius 2 is 2.16 bits per heavy atom. The van der Waals surface area contributed by atoms with Crippen LogP contribution in [0.1, 0.15) is 27.9 Å². The number of aliphatic hydroxyl groups is 1. The highest BCUT2D eigenvalue weighted by Gasteiger charge is 2.25. The topological polar surface area (TPSA) is 119 Å². The second-order valence-electron chi connectivity index (χ2n) is 4.85. The molecule has 0 fully saturated rings. The summed E-state index contributed by atoms with van der Waals surface area (Å²) in [4.78, 5) is 30.4. The number of hydrogen-bond donors (Lipinski definition) is 4. The summed E-state index contributed by atoms with van der Waals surface area (Å²) >= 11 is 0. The molecule has 4 N–H and O–H groups in total. The summed E-state index contributed by atoms with van der Waals surface area (Å²) in [5.74, 6) is -1.90. The summed E-state index contributed by atoms with van der Waals surface area (Å²) in [6.07, 6.45) is 1.14. The second kappa shape index (κ2) is 5.81. The maximum atomic E-state index is 11.8. The molecule has 106 valence electrons. The smallest absolute Gasteiger partial charge is 0.354 e. The van der Waals surface area contributed by atoms with E-state index < -0.39 is 17.5 Å². The zero-order valence-corrected chi connectivity index (χ0v) is 11.1. The Balaban J connectivity index is 2.65. The van der Waals surface area contributed by atoms with E-state index in [1.165, 1.54) is 0 Å². The molecule has 1 amide bonds. The molecular weight excluding hydrogens is 252 g/mol. The normalized spacial score (nSPS) is 14.2. The number of carbonyl (C=O) groups excluding carboxylic acids is 1. The van der Waals surface area contributed by atoms with Crippen LogP contribution in [0, 0.1) is 0 Å². The van der Waals surface area contributed by atoms with Crippen LogP contribution in [-0.2, 0) is 0 Å². The molecule has 1 aromatic heterocycles. The number of rotatable bonds is 6. The molecule has 1 rings (SSSR count). The van der Waals surface area contributed by atoms with Crippen molar-refractivity contribution in [1.29, 1.82) is 0 Å². The number of imidazole rings is 1. The Bertz CT molecular complexity index is 467. The zero-order chi connectivity index (χ0) is 14.6. The maximum Gasteiger partial charge on any atom is 0.354 e. The molecule has 0 bridgehead atoms. The molecule has 1 atom stereocenters. The summed E-state index contributed by atoms with van der Waals surface area (Å²) < 4.78 is 0. The molecule has 0 aromatic carbocycles. The Labute approximate surface area is 110 Å². The van der Waals surface area contributed by atoms with E-state index in [0.717, 1.165) is 6.33 Å². The van der Waals surface area contributed by atoms with Gasteiger partial charge in [0.05, 0.1) is 11.9 Å². The van der Waals surface area contributed by atoms with Crippen molar-refractivity contribution in [3.63, 3.8) is 0 Å². The van der Waals surface area contributed by atoms with Crippen molar-refractivity contribution in [3.8, 4) is 0 Å². The van der Waals surface area contributed by atoms with E-state index in [2.05, 4.69) is 15.3 Å². The van der Waals surface area contributed by atoms with Gasteiger partial charge in [0.25, 0.3) is 5.91 Å². The molecule has 1 aromatic rings. The van der Waals surface area contributed by atoms with E-state index in [0.29, 0.717) is 6.54 Å². The third-order valence-electron chi connectivity index (χ3n) is 2.35. The van der Waals surface area contributed by atoms with Gasteiger partial charge in [-0.05, 0) is 21.0 Å². The van der Waals surface area contributed by atoms with Gasteiger partial charge in [0.1, 0.15) is 0 Å². The number of carboxylic acids is 1. The molecule has 0 saturated heterocycles. The van der Waals surface area contributed by atoms with E-state index in [1.54, 1.807) is 25.9 Å². The molecular formula is C11H18N4O4. The monoisotopic (exact) mass is 270 g/mol. The highest BCUT2D eigenvalue weighted by molar-refractivity contribution is 6.02. The van der Waals surface area contributed by atoms with Crippen molar-refractivity contribution < 1.29 is 19.8 Å². The molecule has 8 nitrogen and oxygen atoms in total. The van der Waals surface area contributed by atoms with Gasteiger partial charge in [-0.25, -0.2) is 9.78 Å². The fourth-order valence-electron chi connectivity index (χ4n) is 1.72. The van der Waals surface area contributed by atoms with Gasteiger partial charge >= 0.3 is 5.97 Å². The molecule has 0 saturated carbocycles. The minimum absolute atomic E-state index is 0.00404. The fourth-order valence-corrected chi connectivity index (χ4v) is 1.72. The Hall–Kier alpha value is -1.93. The van der Waals surface area contributed by atoms with E-state index in [4.69, 9.17) is 5.11 Å². The van der Waals surface area contributed by atoms with Crippen molar-refractivity contribution >= 4 is 11.9 Å². The predicted octanol–water partition coefficient (Wildman–Crippen LogP) is -0.850. The van der Waals surface area contributed by atoms with Crippen LogP contribution in [0.2, 0.25) is 0 Å². The van der Waals surface area contributed by atoms with Crippen LogP contribution < -0.4 is 5.32 Å². The number of nitrogens with zero attached hydrogens (tertiary/aromatic N) is 2. The first kappa shape index (κ1) is 15.1. The number of nitrogens with one attached hydrogen (secondary N) is 2. The molecule has 0 aliphatic rings. The predicted molar refractivity (Wildman–Crippen MR) is 67.1 cm³/mol. The lowest BCUT2D eigenvalue weighted by molar-refractivity contribution is 0.0325. The number of carboxylic acid groups (broad SMARTS) is 1. The minimum Gasteiger partial charge on any atom is -0.477 e. The average Bonchev–Trinajstić information content (AvgIpc) is 2.73. The highest BCUT2D eigenvalue weighted by atomic mass is 16.4. The third-order valence-corrected chi connectivity index (χ3v) is 2.35. The van der Waals surface area contributed by atoms with Crippen molar-refractivity contribution in [3.05, 3.63) is 17.7 Å². The number of carbonyl (C=O) groups is 2. The average molecular weight is 270 g/mol. The van der Waals surface area contributed by atoms with Crippen molar-refractivity contribution in [2.45, 2.75) is 12.5 Å². The van der Waals surface area contributed by atoms with Gasteiger partial charge in [-0.3, -0.25) is 4.79 Å². The summed E-state index contributed by atoms with van der Waals surface area (Å²) in [5, 5.41) is 21.3. The Morgan fingerprint density at radius 1 is 1.53 bits per heavy atom. The number of hydrogen-bond acceptors (Lipinski definition) is 5. The fraction of sp³-hybridized carbons (Fsp3) is 0.545. The summed E-state index contributed by atoms with van der Waals surface area (Å²) in [5.41, 5.74) is -1.59. The molecule has 19 heavy (non-hydrogen) atoms. The first-order valence-electron chi connectivity index (χ1n) is 5.65. The number of amides is 1. The molecule has 1 unspecified atom stereocenters. The van der Waals surface area contributed by atoms with E-state index >= 15 is 0 Å². The highest BCUT2D eigenvalue weighted by Crippen LogP contribution is 2.05. The van der Waals surface area contributed by atoms with Gasteiger partial charge in [0, 0.05) is 13.1 Å². The number of aromatic amines is 1. The minimum atomic E-state index is -1.26. The van der Waals surface area contributed by atoms with Crippen LogP contribution in [0.3, 0.4) is 0 Å². The van der Waals surface area contributed by atoms with Crippen molar-refractivity contribution in [2.24, 2.45) is 0 Å². The summed E-state index contributed by atoms with van der Waals surface area (Å²) in [7, 11) is 3.60. The van der Waals surface area contributed by atoms with Crippen LogP contribution in [0.15, 0.2) is 6.33 Å². The first-order valence-corrected chi connectivity index (χ1v) is 5.65. The molecule has 8 heteroatoms. The molecule has 1 heterocycles. The quantitative estimate of drug-likeness (QED) is 0.534. The molecule has 0 spiro atoms. The SMILES string of the molecule is CN(C)CC(C)(O)CNC(=O)c1nc[nH]c1C(=O)O. The number of H-pyrrole nitrogens is 1. The molecule has 0 aliphatic carbocycles. The summed E-state index contributed by atoms with van der Waals surface area (Å²) in [6, 6.07) is 0. The number of aromatic nitrogens is 2. The molecule has 0 radical (unpaired) electrons. The lowest BCUT2D eigenvalue weighted by Gasteiger charge is -2.26. The van der Waals surface area contributed by atoms with Crippen molar-refractivity contribution in [2.75, 3.05) is 27.2 Å². The first-order chi connectivity index (χ1) is 8.73. The van der Waals surface area contributed by atoms with Crippen molar-refractivity contribution in [1.82, 2.24) is 20.2 Å².